The number of para-hydroxylation sites is 1. The number of piperazine rings is 1. The standard InChI is InChI=1S/C19H25N3O/c20-18-15-16(8-9-19(18)23)5-4-10-21-11-13-22(14-12-21)17-6-2-1-3-7-17/h1-3,6-9,15,23H,4-5,10-14,20H2. The maximum absolute atomic E-state index is 9.45. The monoisotopic (exact) mass is 311 g/mol. The van der Waals surface area contributed by atoms with Crippen molar-refractivity contribution >= 4 is 11.4 Å². The zero-order valence-electron chi connectivity index (χ0n) is 13.5. The van der Waals surface area contributed by atoms with Crippen LogP contribution in [0.2, 0.25) is 0 Å². The van der Waals surface area contributed by atoms with Gasteiger partial charge in [-0.15, -0.1) is 0 Å². The van der Waals surface area contributed by atoms with Gasteiger partial charge >= 0.3 is 0 Å². The normalized spacial score (nSPS) is 15.7. The Balaban J connectivity index is 1.41. The molecule has 0 aliphatic carbocycles. The van der Waals surface area contributed by atoms with Gasteiger partial charge in [0.05, 0.1) is 5.69 Å². The van der Waals surface area contributed by atoms with Crippen LogP contribution in [0.4, 0.5) is 11.4 Å². The summed E-state index contributed by atoms with van der Waals surface area (Å²) in [6, 6.07) is 16.2. The van der Waals surface area contributed by atoms with Crippen LogP contribution < -0.4 is 10.6 Å². The van der Waals surface area contributed by atoms with Crippen molar-refractivity contribution in [3.05, 3.63) is 54.1 Å². The van der Waals surface area contributed by atoms with E-state index in [4.69, 9.17) is 5.73 Å². The van der Waals surface area contributed by atoms with Crippen molar-refractivity contribution in [3.8, 4) is 5.75 Å². The summed E-state index contributed by atoms with van der Waals surface area (Å²) in [4.78, 5) is 4.99. The van der Waals surface area contributed by atoms with Crippen LogP contribution in [-0.4, -0.2) is 42.7 Å². The molecule has 1 fully saturated rings. The van der Waals surface area contributed by atoms with Crippen LogP contribution in [0.5, 0.6) is 5.75 Å². The Morgan fingerprint density at radius 2 is 1.70 bits per heavy atom. The van der Waals surface area contributed by atoms with Crippen molar-refractivity contribution in [2.45, 2.75) is 12.8 Å². The molecule has 122 valence electrons. The van der Waals surface area contributed by atoms with Gasteiger partial charge in [-0.1, -0.05) is 24.3 Å². The van der Waals surface area contributed by atoms with Gasteiger partial charge in [-0.3, -0.25) is 4.90 Å². The second-order valence-electron chi connectivity index (χ2n) is 6.16. The van der Waals surface area contributed by atoms with Crippen molar-refractivity contribution in [1.29, 1.82) is 0 Å². The van der Waals surface area contributed by atoms with Crippen LogP contribution in [0.1, 0.15) is 12.0 Å². The molecule has 1 heterocycles. The molecule has 23 heavy (non-hydrogen) atoms. The molecule has 1 saturated heterocycles. The number of rotatable bonds is 5. The number of nitrogens with two attached hydrogens (primary N) is 1. The number of nitrogens with zero attached hydrogens (tertiary/aromatic N) is 2. The zero-order valence-corrected chi connectivity index (χ0v) is 13.5. The highest BCUT2D eigenvalue weighted by molar-refractivity contribution is 5.53. The molecule has 2 aromatic rings. The quantitative estimate of drug-likeness (QED) is 0.658. The molecule has 4 heteroatoms. The lowest BCUT2D eigenvalue weighted by atomic mass is 10.1. The molecule has 3 rings (SSSR count). The molecule has 0 atom stereocenters. The molecule has 0 bridgehead atoms. The number of phenols is 1. The number of hydrogen-bond donors (Lipinski definition) is 2. The number of benzene rings is 2. The molecule has 0 unspecified atom stereocenters. The Labute approximate surface area is 138 Å². The van der Waals surface area contributed by atoms with Gasteiger partial charge in [-0.2, -0.15) is 0 Å². The number of phenolic OH excluding ortho intramolecular Hbond substituents is 1. The van der Waals surface area contributed by atoms with Crippen molar-refractivity contribution < 1.29 is 5.11 Å². The summed E-state index contributed by atoms with van der Waals surface area (Å²) >= 11 is 0. The Hall–Kier alpha value is -2.20. The average Bonchev–Trinajstić information content (AvgIpc) is 2.59. The first-order valence-electron chi connectivity index (χ1n) is 8.32. The maximum Gasteiger partial charge on any atom is 0.138 e. The largest absolute Gasteiger partial charge is 0.506 e. The van der Waals surface area contributed by atoms with Gasteiger partial charge in [0.25, 0.3) is 0 Å². The first kappa shape index (κ1) is 15.7. The number of nitrogen functional groups attached to an aromatic ring is 1. The molecule has 1 aliphatic rings. The first-order valence-corrected chi connectivity index (χ1v) is 8.32. The summed E-state index contributed by atoms with van der Waals surface area (Å²) in [5.74, 6) is 0.172. The Bertz CT molecular complexity index is 622. The van der Waals surface area contributed by atoms with E-state index < -0.39 is 0 Å². The zero-order chi connectivity index (χ0) is 16.1. The summed E-state index contributed by atoms with van der Waals surface area (Å²) in [5.41, 5.74) is 8.73. The highest BCUT2D eigenvalue weighted by atomic mass is 16.3. The van der Waals surface area contributed by atoms with Crippen LogP contribution >= 0.6 is 0 Å². The van der Waals surface area contributed by atoms with E-state index in [0.29, 0.717) is 5.69 Å². The topological polar surface area (TPSA) is 52.7 Å². The minimum atomic E-state index is 0.172. The summed E-state index contributed by atoms with van der Waals surface area (Å²) < 4.78 is 0. The maximum atomic E-state index is 9.45. The third-order valence-electron chi connectivity index (χ3n) is 4.53. The first-order chi connectivity index (χ1) is 11.2. The molecule has 4 nitrogen and oxygen atoms in total. The third-order valence-corrected chi connectivity index (χ3v) is 4.53. The SMILES string of the molecule is Nc1cc(CCCN2CCN(c3ccccc3)CC2)ccc1O. The molecule has 1 aliphatic heterocycles. The third kappa shape index (κ3) is 4.17. The van der Waals surface area contributed by atoms with E-state index >= 15 is 0 Å². The Morgan fingerprint density at radius 1 is 0.957 bits per heavy atom. The summed E-state index contributed by atoms with van der Waals surface area (Å²) in [5, 5.41) is 9.45. The second kappa shape index (κ2) is 7.38. The number of hydrogen-bond acceptors (Lipinski definition) is 4. The highest BCUT2D eigenvalue weighted by Crippen LogP contribution is 2.21. The smallest absolute Gasteiger partial charge is 0.138 e. The van der Waals surface area contributed by atoms with Crippen molar-refractivity contribution in [1.82, 2.24) is 4.90 Å². The minimum absolute atomic E-state index is 0.172. The summed E-state index contributed by atoms with van der Waals surface area (Å²) in [6.45, 7) is 5.54. The predicted molar refractivity (Wildman–Crippen MR) is 95.9 cm³/mol. The summed E-state index contributed by atoms with van der Waals surface area (Å²) in [6.07, 6.45) is 2.12. The molecule has 3 N–H and O–H groups in total. The van der Waals surface area contributed by atoms with Crippen LogP contribution in [0.3, 0.4) is 0 Å². The van der Waals surface area contributed by atoms with E-state index in [9.17, 15) is 5.11 Å². The van der Waals surface area contributed by atoms with Crippen molar-refractivity contribution in [2.75, 3.05) is 43.4 Å². The van der Waals surface area contributed by atoms with Crippen molar-refractivity contribution in [2.24, 2.45) is 0 Å². The molecule has 0 radical (unpaired) electrons. The lowest BCUT2D eigenvalue weighted by Crippen LogP contribution is -2.46. The lowest BCUT2D eigenvalue weighted by Gasteiger charge is -2.36. The van der Waals surface area contributed by atoms with E-state index in [1.54, 1.807) is 6.07 Å². The van der Waals surface area contributed by atoms with Gasteiger partial charge < -0.3 is 15.7 Å². The van der Waals surface area contributed by atoms with E-state index in [2.05, 4.69) is 40.1 Å². The van der Waals surface area contributed by atoms with Gasteiger partial charge in [0.15, 0.2) is 0 Å². The minimum Gasteiger partial charge on any atom is -0.506 e. The van der Waals surface area contributed by atoms with Crippen molar-refractivity contribution in [3.63, 3.8) is 0 Å². The van der Waals surface area contributed by atoms with E-state index in [1.807, 2.05) is 12.1 Å². The molecule has 0 aromatic heterocycles. The van der Waals surface area contributed by atoms with Gasteiger partial charge in [0.2, 0.25) is 0 Å². The van der Waals surface area contributed by atoms with E-state index in [1.165, 1.54) is 11.3 Å². The van der Waals surface area contributed by atoms with Crippen LogP contribution in [0.15, 0.2) is 48.5 Å². The van der Waals surface area contributed by atoms with E-state index in [-0.39, 0.29) is 5.75 Å². The predicted octanol–water partition coefficient (Wildman–Crippen LogP) is 2.73. The fourth-order valence-corrected chi connectivity index (χ4v) is 3.13. The number of anilines is 2. The van der Waals surface area contributed by atoms with Gasteiger partial charge in [-0.05, 0) is 49.2 Å². The van der Waals surface area contributed by atoms with Gasteiger partial charge in [0, 0.05) is 31.9 Å². The van der Waals surface area contributed by atoms with Crippen LogP contribution in [0, 0.1) is 0 Å². The van der Waals surface area contributed by atoms with Gasteiger partial charge in [0.1, 0.15) is 5.75 Å². The van der Waals surface area contributed by atoms with Crippen LogP contribution in [0.25, 0.3) is 0 Å². The molecule has 0 spiro atoms. The molecule has 2 aromatic carbocycles. The fraction of sp³-hybridized carbons (Fsp3) is 0.368. The Morgan fingerprint density at radius 3 is 2.39 bits per heavy atom. The van der Waals surface area contributed by atoms with Gasteiger partial charge in [-0.25, -0.2) is 0 Å². The molecular weight excluding hydrogens is 286 g/mol. The Kier molecular flexibility index (Phi) is 5.03. The highest BCUT2D eigenvalue weighted by Gasteiger charge is 2.16. The molecule has 0 amide bonds. The number of aryl methyl sites for hydroxylation is 1. The molecule has 0 saturated carbocycles. The van der Waals surface area contributed by atoms with Crippen LogP contribution in [-0.2, 0) is 6.42 Å². The summed E-state index contributed by atoms with van der Waals surface area (Å²) in [7, 11) is 0. The van der Waals surface area contributed by atoms with E-state index in [0.717, 1.165) is 45.6 Å². The second-order valence-corrected chi connectivity index (χ2v) is 6.16. The average molecular weight is 311 g/mol. The number of aromatic hydroxyl groups is 1. The lowest BCUT2D eigenvalue weighted by molar-refractivity contribution is 0.255. The fourth-order valence-electron chi connectivity index (χ4n) is 3.13. The molecular formula is C19H25N3O.